The maximum absolute atomic E-state index is 13.7. The van der Waals surface area contributed by atoms with Crippen LogP contribution in [0.5, 0.6) is 5.75 Å². The summed E-state index contributed by atoms with van der Waals surface area (Å²) in [6.07, 6.45) is 1.65. The van der Waals surface area contributed by atoms with Crippen LogP contribution in [-0.2, 0) is 27.4 Å². The quantitative estimate of drug-likeness (QED) is 0.156. The van der Waals surface area contributed by atoms with Gasteiger partial charge in [-0.2, -0.15) is 0 Å². The summed E-state index contributed by atoms with van der Waals surface area (Å²) >= 11 is 6.26. The van der Waals surface area contributed by atoms with Gasteiger partial charge in [0.25, 0.3) is 5.91 Å². The normalized spacial score (nSPS) is 20.1. The van der Waals surface area contributed by atoms with Crippen LogP contribution in [0.2, 0.25) is 5.02 Å². The predicted molar refractivity (Wildman–Crippen MR) is 165 cm³/mol. The van der Waals surface area contributed by atoms with Crippen molar-refractivity contribution in [2.45, 2.75) is 79.3 Å². The van der Waals surface area contributed by atoms with Crippen molar-refractivity contribution in [3.63, 3.8) is 0 Å². The highest BCUT2D eigenvalue weighted by atomic mass is 35.5. The highest BCUT2D eigenvalue weighted by Gasteiger charge is 2.67. The molecule has 0 saturated heterocycles. The lowest BCUT2D eigenvalue weighted by molar-refractivity contribution is -0.199. The molecule has 0 bridgehead atoms. The average molecular weight is 620 g/mol. The van der Waals surface area contributed by atoms with Gasteiger partial charge in [0.05, 0.1) is 30.9 Å². The molecule has 10 nitrogen and oxygen atoms in total. The highest BCUT2D eigenvalue weighted by molar-refractivity contribution is 6.33. The Hall–Kier alpha value is -3.94. The third kappa shape index (κ3) is 6.04. The number of fused-ring (bicyclic) bond motifs is 1. The Kier molecular flexibility index (Phi) is 8.25. The van der Waals surface area contributed by atoms with Gasteiger partial charge in [-0.25, -0.2) is 14.3 Å². The first kappa shape index (κ1) is 31.5. The number of hydrogen-bond acceptors (Lipinski definition) is 7. The molecule has 1 aromatic heterocycles. The first-order valence-electron chi connectivity index (χ1n) is 14.6. The van der Waals surface area contributed by atoms with Crippen molar-refractivity contribution in [3.05, 3.63) is 70.2 Å². The van der Waals surface area contributed by atoms with Crippen molar-refractivity contribution in [1.29, 1.82) is 0 Å². The monoisotopic (exact) mass is 619 g/mol. The lowest BCUT2D eigenvalue weighted by Crippen LogP contribution is -2.74. The van der Waals surface area contributed by atoms with Crippen molar-refractivity contribution in [2.75, 3.05) is 13.2 Å². The fraction of sp³-hybridized carbons (Fsp3) is 0.485. The fourth-order valence-corrected chi connectivity index (χ4v) is 7.15. The predicted octanol–water partition coefficient (Wildman–Crippen LogP) is 6.35. The van der Waals surface area contributed by atoms with Crippen molar-refractivity contribution in [2.24, 2.45) is 10.8 Å². The second-order valence-corrected chi connectivity index (χ2v) is 14.0. The number of esters is 1. The van der Waals surface area contributed by atoms with E-state index in [1.165, 1.54) is 0 Å². The van der Waals surface area contributed by atoms with Crippen LogP contribution >= 0.6 is 11.6 Å². The lowest BCUT2D eigenvalue weighted by Gasteiger charge is -2.65. The molecule has 5 rings (SSSR count). The van der Waals surface area contributed by atoms with Gasteiger partial charge in [-0.1, -0.05) is 56.6 Å². The number of ether oxygens (including phenoxy) is 3. The minimum atomic E-state index is -0.553. The number of rotatable bonds is 9. The number of carbonyl (C=O) groups is 2. The molecule has 1 aliphatic heterocycles. The molecular weight excluding hydrogens is 582 g/mol. The van der Waals surface area contributed by atoms with Crippen molar-refractivity contribution in [3.8, 4) is 17.0 Å². The van der Waals surface area contributed by atoms with Crippen molar-refractivity contribution < 1.29 is 23.8 Å². The Morgan fingerprint density at radius 1 is 1.14 bits per heavy atom. The van der Waals surface area contributed by atoms with E-state index in [1.807, 2.05) is 50.1 Å². The van der Waals surface area contributed by atoms with E-state index in [9.17, 15) is 9.59 Å². The maximum atomic E-state index is 13.7. The van der Waals surface area contributed by atoms with E-state index in [0.717, 1.165) is 11.1 Å². The number of aromatic nitrogens is 3. The minimum absolute atomic E-state index is 0.00592. The van der Waals surface area contributed by atoms with Crippen LogP contribution in [0.4, 0.5) is 5.69 Å². The number of halogens is 1. The van der Waals surface area contributed by atoms with E-state index in [1.54, 1.807) is 22.9 Å². The molecule has 0 spiro atoms. The van der Waals surface area contributed by atoms with Crippen molar-refractivity contribution >= 4 is 29.2 Å². The van der Waals surface area contributed by atoms with Gasteiger partial charge in [-0.15, -0.1) is 5.10 Å². The van der Waals surface area contributed by atoms with Crippen LogP contribution in [0.25, 0.3) is 16.1 Å². The average Bonchev–Trinajstić information content (AvgIpc) is 3.53. The molecule has 44 heavy (non-hydrogen) atoms. The van der Waals surface area contributed by atoms with Gasteiger partial charge in [0, 0.05) is 34.5 Å². The molecule has 0 N–H and O–H groups in total. The zero-order valence-electron chi connectivity index (χ0n) is 26.2. The van der Waals surface area contributed by atoms with Crippen LogP contribution in [0.3, 0.4) is 0 Å². The Morgan fingerprint density at radius 3 is 2.52 bits per heavy atom. The zero-order chi connectivity index (χ0) is 32.0. The highest BCUT2D eigenvalue weighted by Crippen LogP contribution is 2.59. The second kappa shape index (κ2) is 11.5. The molecule has 2 aromatic carbocycles. The SMILES string of the molecule is [C-]#[N+]c1ccc(OC2C(C)(C)C(N3Cc4cc(-c5cn(CCOCC(=O)OC(C)(C)C)nn5)ccc4C3=O)C2(C)C)cc1Cl. The number of hydrogen-bond donors (Lipinski definition) is 0. The Balaban J connectivity index is 1.23. The standard InChI is InChI=1S/C33H38ClN5O5/c1-31(2,3)44-27(40)19-42-14-13-38-18-26(36-37-38)20-9-11-23-21(15-20)17-39(28(23)41)29-32(4,5)30(33(29,6)7)43-22-10-12-25(35-8)24(34)16-22/h9-12,15-16,18,29-30H,13-14,17,19H2,1-7H3. The Bertz CT molecular complexity index is 1620. The summed E-state index contributed by atoms with van der Waals surface area (Å²) in [6, 6.07) is 10.8. The third-order valence-electron chi connectivity index (χ3n) is 8.24. The minimum Gasteiger partial charge on any atom is -0.489 e. The fourth-order valence-electron chi connectivity index (χ4n) is 6.94. The first-order valence-corrected chi connectivity index (χ1v) is 15.0. The van der Waals surface area contributed by atoms with E-state index in [2.05, 4.69) is 42.9 Å². The van der Waals surface area contributed by atoms with Crippen LogP contribution < -0.4 is 4.74 Å². The third-order valence-corrected chi connectivity index (χ3v) is 8.55. The summed E-state index contributed by atoms with van der Waals surface area (Å²) in [5.74, 6) is 0.203. The second-order valence-electron chi connectivity index (χ2n) is 13.6. The van der Waals surface area contributed by atoms with Gasteiger partial charge < -0.3 is 19.1 Å². The summed E-state index contributed by atoms with van der Waals surface area (Å²) < 4.78 is 18.8. The van der Waals surface area contributed by atoms with Gasteiger partial charge in [-0.3, -0.25) is 4.79 Å². The molecule has 1 fully saturated rings. The van der Waals surface area contributed by atoms with Crippen molar-refractivity contribution in [1.82, 2.24) is 19.9 Å². The van der Waals surface area contributed by atoms with E-state index in [0.29, 0.717) is 40.8 Å². The largest absolute Gasteiger partial charge is 0.489 e. The molecule has 11 heteroatoms. The van der Waals surface area contributed by atoms with Crippen LogP contribution in [0.1, 0.15) is 64.4 Å². The van der Waals surface area contributed by atoms with Crippen LogP contribution in [0.15, 0.2) is 42.6 Å². The molecule has 2 heterocycles. The topological polar surface area (TPSA) is 100 Å². The van der Waals surface area contributed by atoms with Gasteiger partial charge in [0.1, 0.15) is 29.8 Å². The molecule has 0 unspecified atom stereocenters. The Morgan fingerprint density at radius 2 is 1.86 bits per heavy atom. The summed E-state index contributed by atoms with van der Waals surface area (Å²) in [7, 11) is 0. The molecule has 1 saturated carbocycles. The van der Waals surface area contributed by atoms with Crippen LogP contribution in [0, 0.1) is 17.4 Å². The first-order chi connectivity index (χ1) is 20.6. The molecule has 0 radical (unpaired) electrons. The maximum Gasteiger partial charge on any atom is 0.332 e. The molecule has 3 aromatic rings. The van der Waals surface area contributed by atoms with E-state index < -0.39 is 11.6 Å². The van der Waals surface area contributed by atoms with Gasteiger partial charge in [-0.05, 0) is 50.6 Å². The van der Waals surface area contributed by atoms with Crippen LogP contribution in [-0.4, -0.2) is 62.7 Å². The summed E-state index contributed by atoms with van der Waals surface area (Å²) in [6.45, 7) is 22.2. The number of carbonyl (C=O) groups excluding carboxylic acids is 2. The van der Waals surface area contributed by atoms with E-state index >= 15 is 0 Å². The molecule has 1 amide bonds. The molecule has 232 valence electrons. The number of nitrogens with zero attached hydrogens (tertiary/aromatic N) is 5. The van der Waals surface area contributed by atoms with E-state index in [4.69, 9.17) is 32.4 Å². The summed E-state index contributed by atoms with van der Waals surface area (Å²) in [4.78, 5) is 30.9. The zero-order valence-corrected chi connectivity index (χ0v) is 26.9. The van der Waals surface area contributed by atoms with Gasteiger partial charge >= 0.3 is 5.97 Å². The van der Waals surface area contributed by atoms with Gasteiger partial charge in [0.15, 0.2) is 0 Å². The molecule has 2 aliphatic rings. The summed E-state index contributed by atoms with van der Waals surface area (Å²) in [5.41, 5.74) is 2.33. The molecule has 0 atom stereocenters. The lowest BCUT2D eigenvalue weighted by atomic mass is 9.49. The molecule has 1 aliphatic carbocycles. The Labute approximate surface area is 263 Å². The number of amides is 1. The molecular formula is C33H38ClN5O5. The smallest absolute Gasteiger partial charge is 0.332 e. The number of benzene rings is 2. The van der Waals surface area contributed by atoms with E-state index in [-0.39, 0.29) is 42.1 Å². The van der Waals surface area contributed by atoms with Gasteiger partial charge in [0.2, 0.25) is 5.69 Å². The summed E-state index contributed by atoms with van der Waals surface area (Å²) in [5, 5.41) is 8.87.